The second kappa shape index (κ2) is 6.02. The van der Waals surface area contributed by atoms with Crippen molar-refractivity contribution in [3.63, 3.8) is 0 Å². The Bertz CT molecular complexity index is 284. The van der Waals surface area contributed by atoms with Gasteiger partial charge in [0.2, 0.25) is 5.91 Å². The summed E-state index contributed by atoms with van der Waals surface area (Å²) in [6.07, 6.45) is 5.77. The molecule has 4 nitrogen and oxygen atoms in total. The van der Waals surface area contributed by atoms with Gasteiger partial charge in [-0.25, -0.2) is 0 Å². The Labute approximate surface area is 110 Å². The largest absolute Gasteiger partial charge is 0.384 e. The van der Waals surface area contributed by atoms with E-state index in [9.17, 15) is 4.79 Å². The van der Waals surface area contributed by atoms with Crippen LogP contribution >= 0.6 is 0 Å². The molecule has 1 saturated carbocycles. The van der Waals surface area contributed by atoms with Crippen molar-refractivity contribution in [2.45, 2.75) is 32.1 Å². The van der Waals surface area contributed by atoms with Crippen molar-refractivity contribution >= 4 is 5.91 Å². The molecule has 2 fully saturated rings. The van der Waals surface area contributed by atoms with Gasteiger partial charge in [0.05, 0.1) is 12.0 Å². The number of carbonyl (C=O) groups excluding carboxylic acids is 1. The van der Waals surface area contributed by atoms with Crippen molar-refractivity contribution < 1.29 is 9.53 Å². The molecule has 0 bridgehead atoms. The summed E-state index contributed by atoms with van der Waals surface area (Å²) in [5.74, 6) is 0.287. The van der Waals surface area contributed by atoms with Crippen molar-refractivity contribution in [2.75, 3.05) is 46.9 Å². The number of likely N-dealkylation sites (tertiary alicyclic amines) is 1. The molecule has 18 heavy (non-hydrogen) atoms. The van der Waals surface area contributed by atoms with Crippen molar-refractivity contribution in [3.05, 3.63) is 0 Å². The second-order valence-corrected chi connectivity index (χ2v) is 5.84. The Morgan fingerprint density at radius 2 is 1.94 bits per heavy atom. The zero-order valence-electron chi connectivity index (χ0n) is 11.8. The van der Waals surface area contributed by atoms with Gasteiger partial charge in [0.1, 0.15) is 0 Å². The third-order valence-electron chi connectivity index (χ3n) is 4.48. The normalized spacial score (nSPS) is 22.8. The smallest absolute Gasteiger partial charge is 0.230 e. The highest BCUT2D eigenvalue weighted by atomic mass is 16.5. The molecule has 104 valence electrons. The van der Waals surface area contributed by atoms with Crippen molar-refractivity contribution in [1.29, 1.82) is 0 Å². The lowest BCUT2D eigenvalue weighted by Gasteiger charge is -2.42. The first-order chi connectivity index (χ1) is 8.68. The molecule has 1 aliphatic carbocycles. The van der Waals surface area contributed by atoms with E-state index in [-0.39, 0.29) is 11.3 Å². The van der Waals surface area contributed by atoms with Gasteiger partial charge in [-0.1, -0.05) is 6.42 Å². The average Bonchev–Trinajstić information content (AvgIpc) is 2.83. The van der Waals surface area contributed by atoms with Crippen LogP contribution < -0.4 is 0 Å². The highest BCUT2D eigenvalue weighted by Crippen LogP contribution is 2.42. The van der Waals surface area contributed by atoms with Gasteiger partial charge >= 0.3 is 0 Å². The van der Waals surface area contributed by atoms with Crippen LogP contribution in [0.15, 0.2) is 0 Å². The van der Waals surface area contributed by atoms with Crippen molar-refractivity contribution in [2.24, 2.45) is 5.41 Å². The fraction of sp³-hybridized carbons (Fsp3) is 0.929. The summed E-state index contributed by atoms with van der Waals surface area (Å²) in [6, 6.07) is 0. The first kappa shape index (κ1) is 13.8. The van der Waals surface area contributed by atoms with Gasteiger partial charge in [-0.2, -0.15) is 0 Å². The lowest BCUT2D eigenvalue weighted by molar-refractivity contribution is -0.150. The summed E-state index contributed by atoms with van der Waals surface area (Å²) >= 11 is 0. The summed E-state index contributed by atoms with van der Waals surface area (Å²) in [7, 11) is 3.63. The number of amides is 1. The predicted molar refractivity (Wildman–Crippen MR) is 71.5 cm³/mol. The monoisotopic (exact) mass is 254 g/mol. The minimum absolute atomic E-state index is 0.200. The molecule has 0 aromatic rings. The number of rotatable bonds is 6. The van der Waals surface area contributed by atoms with E-state index in [1.807, 2.05) is 11.9 Å². The number of ether oxygens (including phenoxy) is 1. The molecule has 1 saturated heterocycles. The number of methoxy groups -OCH3 is 1. The Hall–Kier alpha value is -0.610. The maximum atomic E-state index is 12.5. The van der Waals surface area contributed by atoms with E-state index >= 15 is 0 Å². The number of nitrogens with zero attached hydrogens (tertiary/aromatic N) is 2. The first-order valence-electron chi connectivity index (χ1n) is 7.15. The van der Waals surface area contributed by atoms with Crippen LogP contribution in [-0.2, 0) is 9.53 Å². The molecule has 2 rings (SSSR count). The lowest BCUT2D eigenvalue weighted by atomic mass is 9.68. The summed E-state index contributed by atoms with van der Waals surface area (Å²) in [5, 5.41) is 0. The summed E-state index contributed by atoms with van der Waals surface area (Å²) in [5.41, 5.74) is -0.200. The molecule has 0 aromatic carbocycles. The van der Waals surface area contributed by atoms with E-state index in [4.69, 9.17) is 4.74 Å². The predicted octanol–water partition coefficient (Wildman–Crippen LogP) is 1.36. The molecule has 0 spiro atoms. The molecular weight excluding hydrogens is 228 g/mol. The third kappa shape index (κ3) is 2.86. The van der Waals surface area contributed by atoms with E-state index in [1.54, 1.807) is 7.11 Å². The van der Waals surface area contributed by atoms with Crippen LogP contribution in [0.4, 0.5) is 0 Å². The first-order valence-corrected chi connectivity index (χ1v) is 7.15. The van der Waals surface area contributed by atoms with E-state index in [0.29, 0.717) is 6.61 Å². The summed E-state index contributed by atoms with van der Waals surface area (Å²) in [6.45, 7) is 4.85. The van der Waals surface area contributed by atoms with E-state index in [2.05, 4.69) is 4.90 Å². The van der Waals surface area contributed by atoms with Crippen LogP contribution in [0.5, 0.6) is 0 Å². The highest BCUT2D eigenvalue weighted by Gasteiger charge is 2.45. The van der Waals surface area contributed by atoms with Gasteiger partial charge < -0.3 is 14.5 Å². The van der Waals surface area contributed by atoms with Gasteiger partial charge in [0.15, 0.2) is 0 Å². The zero-order valence-corrected chi connectivity index (χ0v) is 11.8. The second-order valence-electron chi connectivity index (χ2n) is 5.84. The van der Waals surface area contributed by atoms with Gasteiger partial charge in [0.25, 0.3) is 0 Å². The molecule has 0 atom stereocenters. The maximum absolute atomic E-state index is 12.5. The van der Waals surface area contributed by atoms with Gasteiger partial charge in [-0.05, 0) is 38.8 Å². The molecule has 2 aliphatic rings. The summed E-state index contributed by atoms with van der Waals surface area (Å²) in [4.78, 5) is 16.8. The number of likely N-dealkylation sites (N-methyl/N-ethyl adjacent to an activating group) is 1. The fourth-order valence-electron chi connectivity index (χ4n) is 3.10. The maximum Gasteiger partial charge on any atom is 0.230 e. The van der Waals surface area contributed by atoms with Gasteiger partial charge in [0, 0.05) is 27.2 Å². The minimum Gasteiger partial charge on any atom is -0.384 e. The van der Waals surface area contributed by atoms with Gasteiger partial charge in [-0.15, -0.1) is 0 Å². The molecule has 0 N–H and O–H groups in total. The van der Waals surface area contributed by atoms with Crippen LogP contribution in [0.1, 0.15) is 32.1 Å². The van der Waals surface area contributed by atoms with E-state index < -0.39 is 0 Å². The average molecular weight is 254 g/mol. The Kier molecular flexibility index (Phi) is 4.62. The van der Waals surface area contributed by atoms with Crippen LogP contribution in [0.3, 0.4) is 0 Å². The molecule has 1 aliphatic heterocycles. The van der Waals surface area contributed by atoms with Crippen LogP contribution in [-0.4, -0.2) is 62.7 Å². The van der Waals surface area contributed by atoms with Crippen LogP contribution in [0.25, 0.3) is 0 Å². The number of hydrogen-bond acceptors (Lipinski definition) is 3. The van der Waals surface area contributed by atoms with Crippen molar-refractivity contribution in [1.82, 2.24) is 9.80 Å². The fourth-order valence-corrected chi connectivity index (χ4v) is 3.10. The number of hydrogen-bond donors (Lipinski definition) is 0. The van der Waals surface area contributed by atoms with E-state index in [1.165, 1.54) is 25.9 Å². The van der Waals surface area contributed by atoms with E-state index in [0.717, 1.165) is 32.4 Å². The SMILES string of the molecule is COCC1(C(=O)N(C)CCN2CCCC2)CCC1. The molecular formula is C14H26N2O2. The zero-order chi connectivity index (χ0) is 13.0. The third-order valence-corrected chi connectivity index (χ3v) is 4.48. The Morgan fingerprint density at radius 1 is 1.28 bits per heavy atom. The van der Waals surface area contributed by atoms with Gasteiger partial charge in [-0.3, -0.25) is 4.79 Å². The van der Waals surface area contributed by atoms with Crippen LogP contribution in [0.2, 0.25) is 0 Å². The molecule has 0 unspecified atom stereocenters. The lowest BCUT2D eigenvalue weighted by Crippen LogP contribution is -2.50. The van der Waals surface area contributed by atoms with Crippen LogP contribution in [0, 0.1) is 5.41 Å². The molecule has 4 heteroatoms. The Balaban J connectivity index is 1.79. The number of carbonyl (C=O) groups is 1. The molecule has 0 radical (unpaired) electrons. The highest BCUT2D eigenvalue weighted by molar-refractivity contribution is 5.83. The molecule has 0 aromatic heterocycles. The Morgan fingerprint density at radius 3 is 2.44 bits per heavy atom. The molecule has 1 heterocycles. The topological polar surface area (TPSA) is 32.8 Å². The summed E-state index contributed by atoms with van der Waals surface area (Å²) < 4.78 is 5.24. The minimum atomic E-state index is -0.200. The molecule has 1 amide bonds. The quantitative estimate of drug-likeness (QED) is 0.717. The standard InChI is InChI=1S/C14H26N2O2/c1-15(10-11-16-8-3-4-9-16)13(17)14(12-18-2)6-5-7-14/h3-12H2,1-2H3. The van der Waals surface area contributed by atoms with Crippen molar-refractivity contribution in [3.8, 4) is 0 Å².